The van der Waals surface area contributed by atoms with E-state index in [0.717, 1.165) is 36.6 Å². The van der Waals surface area contributed by atoms with Crippen LogP contribution in [0.4, 0.5) is 5.82 Å². The summed E-state index contributed by atoms with van der Waals surface area (Å²) in [4.78, 5) is 30.5. The highest BCUT2D eigenvalue weighted by molar-refractivity contribution is 5.96. The molecule has 0 aliphatic heterocycles. The van der Waals surface area contributed by atoms with Crippen LogP contribution in [0.25, 0.3) is 10.9 Å². The van der Waals surface area contributed by atoms with Crippen molar-refractivity contribution in [3.05, 3.63) is 29.6 Å². The first kappa shape index (κ1) is 20.9. The van der Waals surface area contributed by atoms with E-state index in [-0.39, 0.29) is 17.9 Å². The molecule has 1 aromatic carbocycles. The van der Waals surface area contributed by atoms with Crippen molar-refractivity contribution in [2.45, 2.75) is 44.7 Å². The second-order valence-corrected chi connectivity index (χ2v) is 7.21. The van der Waals surface area contributed by atoms with Gasteiger partial charge in [-0.15, -0.1) is 0 Å². The highest BCUT2D eigenvalue weighted by Gasteiger charge is 2.26. The van der Waals surface area contributed by atoms with Crippen molar-refractivity contribution in [3.63, 3.8) is 0 Å². The van der Waals surface area contributed by atoms with Crippen LogP contribution in [0.1, 0.15) is 41.9 Å². The number of anilines is 1. The molecule has 0 bridgehead atoms. The van der Waals surface area contributed by atoms with Gasteiger partial charge in [-0.05, 0) is 31.9 Å². The number of hydrogen-bond donors (Lipinski definition) is 3. The van der Waals surface area contributed by atoms with Crippen molar-refractivity contribution in [1.82, 2.24) is 15.4 Å². The first-order valence-corrected chi connectivity index (χ1v) is 9.71. The molecule has 0 unspecified atom stereocenters. The molecule has 0 spiro atoms. The molecule has 1 aliphatic carbocycles. The smallest absolute Gasteiger partial charge is 0.312 e. The van der Waals surface area contributed by atoms with Crippen LogP contribution in [0.5, 0.6) is 0 Å². The number of aryl methyl sites for hydroxylation is 1. The highest BCUT2D eigenvalue weighted by Crippen LogP contribution is 2.28. The minimum Gasteiger partial charge on any atom is -0.386 e. The van der Waals surface area contributed by atoms with Gasteiger partial charge in [-0.25, -0.2) is 15.4 Å². The zero-order valence-electron chi connectivity index (χ0n) is 17.1. The largest absolute Gasteiger partial charge is 0.386 e. The maximum Gasteiger partial charge on any atom is 0.312 e. The Kier molecular flexibility index (Phi) is 6.95. The number of methoxy groups -OCH3 is 1. The van der Waals surface area contributed by atoms with E-state index in [2.05, 4.69) is 25.8 Å². The van der Waals surface area contributed by atoms with E-state index in [1.807, 2.05) is 25.1 Å². The Balaban J connectivity index is 1.97. The van der Waals surface area contributed by atoms with Crippen LogP contribution < -0.4 is 16.5 Å². The fourth-order valence-corrected chi connectivity index (χ4v) is 3.60. The number of carbonyl (C=O) groups excluding carboxylic acids is 1. The molecule has 3 rings (SSSR count). The molecular formula is C20H28N6O3. The second kappa shape index (κ2) is 9.62. The van der Waals surface area contributed by atoms with Crippen molar-refractivity contribution >= 4 is 28.5 Å². The molecule has 2 atom stereocenters. The number of fused-ring (bicyclic) bond motifs is 1. The number of carbonyl (C=O) groups is 1. The van der Waals surface area contributed by atoms with Crippen molar-refractivity contribution < 1.29 is 14.4 Å². The molecule has 156 valence electrons. The summed E-state index contributed by atoms with van der Waals surface area (Å²) in [7, 11) is 2.97. The molecule has 9 heteroatoms. The lowest BCUT2D eigenvalue weighted by Gasteiger charge is -2.30. The van der Waals surface area contributed by atoms with E-state index in [1.165, 1.54) is 7.11 Å². The average Bonchev–Trinajstić information content (AvgIpc) is 2.70. The Bertz CT molecular complexity index is 901. The molecule has 9 nitrogen and oxygen atoms in total. The molecule has 1 amide bonds. The molecule has 1 fully saturated rings. The summed E-state index contributed by atoms with van der Waals surface area (Å²) in [6.45, 7) is 2.31. The summed E-state index contributed by atoms with van der Waals surface area (Å²) in [6, 6.07) is 5.92. The van der Waals surface area contributed by atoms with Crippen LogP contribution in [-0.2, 0) is 9.57 Å². The number of rotatable bonds is 7. The SMILES string of the molecule is COCC(N)=N[C@@H]1CCCC[C@@H]1Nc1nc(C(=O)NOC)nc2ccc(C)cc12. The molecular weight excluding hydrogens is 372 g/mol. The third-order valence-electron chi connectivity index (χ3n) is 4.92. The lowest BCUT2D eigenvalue weighted by Crippen LogP contribution is -2.38. The standard InChI is InChI=1S/C20H28N6O3/c1-12-8-9-14-13(10-12)18(25-19(23-14)20(27)26-29-3)24-16-7-5-4-6-15(16)22-17(21)11-28-2/h8-10,15-16H,4-7,11H2,1-3H3,(H2,21,22)(H,26,27)(H,23,24,25)/t15-,16+/m1/s1. The molecule has 4 N–H and O–H groups in total. The number of hydrogen-bond acceptors (Lipinski definition) is 7. The van der Waals surface area contributed by atoms with Gasteiger partial charge in [0, 0.05) is 18.5 Å². The van der Waals surface area contributed by atoms with Crippen LogP contribution in [0.3, 0.4) is 0 Å². The van der Waals surface area contributed by atoms with E-state index in [0.29, 0.717) is 23.8 Å². The van der Waals surface area contributed by atoms with Crippen molar-refractivity contribution in [2.24, 2.45) is 10.7 Å². The van der Waals surface area contributed by atoms with Crippen LogP contribution in [0, 0.1) is 6.92 Å². The van der Waals surface area contributed by atoms with E-state index in [9.17, 15) is 4.79 Å². The van der Waals surface area contributed by atoms with Crippen LogP contribution in [0.15, 0.2) is 23.2 Å². The maximum atomic E-state index is 12.2. The predicted octanol–water partition coefficient (Wildman–Crippen LogP) is 1.96. The summed E-state index contributed by atoms with van der Waals surface area (Å²) in [5, 5.41) is 4.37. The van der Waals surface area contributed by atoms with Gasteiger partial charge < -0.3 is 15.8 Å². The van der Waals surface area contributed by atoms with Gasteiger partial charge in [-0.1, -0.05) is 24.5 Å². The fourth-order valence-electron chi connectivity index (χ4n) is 3.60. The van der Waals surface area contributed by atoms with Gasteiger partial charge >= 0.3 is 5.91 Å². The number of nitrogens with zero attached hydrogens (tertiary/aromatic N) is 3. The first-order valence-electron chi connectivity index (χ1n) is 9.71. The molecule has 1 aromatic heterocycles. The van der Waals surface area contributed by atoms with Gasteiger partial charge in [0.2, 0.25) is 5.82 Å². The Hall–Kier alpha value is -2.78. The molecule has 1 aliphatic rings. The molecule has 1 saturated carbocycles. The molecule has 2 aromatic rings. The number of ether oxygens (including phenoxy) is 1. The number of nitrogens with two attached hydrogens (primary N) is 1. The lowest BCUT2D eigenvalue weighted by atomic mass is 9.90. The number of aromatic nitrogens is 2. The Morgan fingerprint density at radius 3 is 2.83 bits per heavy atom. The summed E-state index contributed by atoms with van der Waals surface area (Å²) >= 11 is 0. The minimum absolute atomic E-state index is 0.0185. The van der Waals surface area contributed by atoms with Crippen molar-refractivity contribution in [1.29, 1.82) is 0 Å². The number of hydroxylamine groups is 1. The molecule has 1 heterocycles. The van der Waals surface area contributed by atoms with Gasteiger partial charge in [-0.2, -0.15) is 0 Å². The highest BCUT2D eigenvalue weighted by atomic mass is 16.6. The van der Waals surface area contributed by atoms with Gasteiger partial charge in [0.15, 0.2) is 0 Å². The van der Waals surface area contributed by atoms with Gasteiger partial charge in [0.05, 0.1) is 18.7 Å². The average molecular weight is 400 g/mol. The summed E-state index contributed by atoms with van der Waals surface area (Å²) < 4.78 is 5.08. The van der Waals surface area contributed by atoms with E-state index in [1.54, 1.807) is 7.11 Å². The quantitative estimate of drug-likeness (QED) is 0.369. The van der Waals surface area contributed by atoms with E-state index < -0.39 is 5.91 Å². The number of aliphatic imine (C=N–C) groups is 1. The first-order chi connectivity index (χ1) is 14.0. The van der Waals surface area contributed by atoms with E-state index in [4.69, 9.17) is 15.3 Å². The van der Waals surface area contributed by atoms with Gasteiger partial charge in [0.1, 0.15) is 18.3 Å². The van der Waals surface area contributed by atoms with Crippen molar-refractivity contribution in [3.8, 4) is 0 Å². The molecule has 0 saturated heterocycles. The predicted molar refractivity (Wildman–Crippen MR) is 112 cm³/mol. The summed E-state index contributed by atoms with van der Waals surface area (Å²) in [5.41, 5.74) is 10.0. The zero-order chi connectivity index (χ0) is 20.8. The Labute approximate surface area is 170 Å². The molecule has 0 radical (unpaired) electrons. The number of amidine groups is 1. The maximum absolute atomic E-state index is 12.2. The number of benzene rings is 1. The number of nitrogens with one attached hydrogen (secondary N) is 2. The Morgan fingerprint density at radius 2 is 2.07 bits per heavy atom. The topological polar surface area (TPSA) is 124 Å². The van der Waals surface area contributed by atoms with Gasteiger partial charge in [0.25, 0.3) is 0 Å². The fraction of sp³-hybridized carbons (Fsp3) is 0.500. The number of amides is 1. The van der Waals surface area contributed by atoms with Gasteiger partial charge in [-0.3, -0.25) is 14.6 Å². The monoisotopic (exact) mass is 400 g/mol. The summed E-state index contributed by atoms with van der Waals surface area (Å²) in [6.07, 6.45) is 4.05. The van der Waals surface area contributed by atoms with Crippen molar-refractivity contribution in [2.75, 3.05) is 26.1 Å². The van der Waals surface area contributed by atoms with E-state index >= 15 is 0 Å². The summed E-state index contributed by atoms with van der Waals surface area (Å²) in [5.74, 6) is 0.633. The van der Waals surface area contributed by atoms with Crippen LogP contribution in [0.2, 0.25) is 0 Å². The third kappa shape index (κ3) is 5.18. The zero-order valence-corrected chi connectivity index (χ0v) is 17.1. The third-order valence-corrected chi connectivity index (χ3v) is 4.92. The second-order valence-electron chi connectivity index (χ2n) is 7.21. The minimum atomic E-state index is -0.499. The normalized spacial score (nSPS) is 19.9. The Morgan fingerprint density at radius 1 is 1.28 bits per heavy atom. The molecule has 29 heavy (non-hydrogen) atoms. The van der Waals surface area contributed by atoms with Crippen LogP contribution >= 0.6 is 0 Å². The van der Waals surface area contributed by atoms with Crippen LogP contribution in [-0.4, -0.2) is 54.6 Å². The lowest BCUT2D eigenvalue weighted by molar-refractivity contribution is 0.0527.